The molecule has 0 fully saturated rings. The van der Waals surface area contributed by atoms with Gasteiger partial charge in [0.15, 0.2) is 0 Å². The maximum absolute atomic E-state index is 9.18. The Kier molecular flexibility index (Phi) is 15.4. The number of hydrogen-bond acceptors (Lipinski definition) is 1. The summed E-state index contributed by atoms with van der Waals surface area (Å²) in [5.41, 5.74) is 5.53. The molecule has 1 aromatic rings. The first-order chi connectivity index (χ1) is 10.1. The zero-order chi connectivity index (χ0) is 17.5. The number of hydrogen-bond donors (Lipinski definition) is 1. The zero-order valence-electron chi connectivity index (χ0n) is 15.9. The Balaban J connectivity index is -0.000000313. The summed E-state index contributed by atoms with van der Waals surface area (Å²) in [6.45, 7) is 15.0. The summed E-state index contributed by atoms with van der Waals surface area (Å²) in [5.74, 6) is 0.905. The topological polar surface area (TPSA) is 20.2 Å². The minimum absolute atomic E-state index is 0. The zero-order valence-corrected chi connectivity index (χ0v) is 19.1. The fraction of sp³-hybridized carbons (Fsp3) is 0.450. The summed E-state index contributed by atoms with van der Waals surface area (Å²) in [4.78, 5) is 3.25. The van der Waals surface area contributed by atoms with Crippen molar-refractivity contribution >= 4 is 29.6 Å². The number of phenols is 1. The third kappa shape index (κ3) is 9.23. The van der Waals surface area contributed by atoms with Crippen molar-refractivity contribution in [1.29, 1.82) is 0 Å². The van der Waals surface area contributed by atoms with Gasteiger partial charge in [0.05, 0.1) is 0 Å². The van der Waals surface area contributed by atoms with Crippen LogP contribution in [0.15, 0.2) is 41.0 Å². The van der Waals surface area contributed by atoms with Crippen LogP contribution in [0.1, 0.15) is 54.0 Å². The number of phenolic OH excluding ortho intramolecular Hbond substituents is 1. The van der Waals surface area contributed by atoms with Gasteiger partial charge in [-0.15, -0.1) is 31.7 Å². The summed E-state index contributed by atoms with van der Waals surface area (Å²) < 4.78 is 0. The first-order valence-electron chi connectivity index (χ1n) is 7.55. The third-order valence-corrected chi connectivity index (χ3v) is 3.95. The van der Waals surface area contributed by atoms with Gasteiger partial charge in [0, 0.05) is 0 Å². The van der Waals surface area contributed by atoms with Crippen LogP contribution in [0, 0.1) is 12.0 Å². The van der Waals surface area contributed by atoms with E-state index >= 15 is 0 Å². The van der Waals surface area contributed by atoms with E-state index in [0.717, 1.165) is 5.56 Å². The van der Waals surface area contributed by atoms with Crippen molar-refractivity contribution in [3.63, 3.8) is 0 Å². The van der Waals surface area contributed by atoms with Gasteiger partial charge in [0.2, 0.25) is 0 Å². The van der Waals surface area contributed by atoms with Crippen molar-refractivity contribution in [1.82, 2.24) is 0 Å². The fourth-order valence-corrected chi connectivity index (χ4v) is 2.13. The molecule has 1 unspecified atom stereocenters. The molecular weight excluding hydrogens is 375 g/mol. The third-order valence-electron chi connectivity index (χ3n) is 3.95. The second kappa shape index (κ2) is 12.9. The summed E-state index contributed by atoms with van der Waals surface area (Å²) in [5, 5.41) is 9.18. The van der Waals surface area contributed by atoms with Gasteiger partial charge in [-0.3, -0.25) is 6.08 Å². The Bertz CT molecular complexity index is 557. The van der Waals surface area contributed by atoms with Crippen LogP contribution in [0.3, 0.4) is 0 Å². The molecule has 0 radical (unpaired) electrons. The van der Waals surface area contributed by atoms with Crippen LogP contribution in [0.2, 0.25) is 0 Å². The average molecular weight is 406 g/mol. The van der Waals surface area contributed by atoms with Crippen LogP contribution in [0.25, 0.3) is 0 Å². The summed E-state index contributed by atoms with van der Waals surface area (Å²) >= 11 is 1.75. The van der Waals surface area contributed by atoms with Gasteiger partial charge in [-0.1, -0.05) is 59.6 Å². The average Bonchev–Trinajstić information content (AvgIpc) is 2.67. The molecule has 1 aliphatic rings. The second-order valence-corrected chi connectivity index (χ2v) is 6.60. The number of halogens is 2. The molecule has 4 heteroatoms. The minimum atomic E-state index is 0. The summed E-state index contributed by atoms with van der Waals surface area (Å²) in [6, 6.07) is 7.39. The molecule has 0 heterocycles. The van der Waals surface area contributed by atoms with E-state index in [2.05, 4.69) is 59.4 Å². The standard InChI is InChI=1S/C10H14O.C9H13.CH2.2ClH.Ti/c1-10(2,3)8-5-4-6-9(11)7-8;1-6-5-7(2)9(4)8(6)3;;;;/h4-7,11H,1-3H3;6H,1-4H3;1H2;2*1H;/q;-1;;;;+1. The van der Waals surface area contributed by atoms with Crippen LogP contribution >= 0.6 is 24.8 Å². The van der Waals surface area contributed by atoms with Crippen molar-refractivity contribution < 1.29 is 25.1 Å². The molecule has 2 rings (SSSR count). The normalized spacial score (nSPS) is 15.7. The second-order valence-electron chi connectivity index (χ2n) is 6.60. The molecule has 0 aromatic heterocycles. The summed E-state index contributed by atoms with van der Waals surface area (Å²) in [6.07, 6.45) is 3.36. The van der Waals surface area contributed by atoms with Gasteiger partial charge in [-0.05, 0) is 23.1 Å². The molecule has 0 saturated heterocycles. The van der Waals surface area contributed by atoms with E-state index in [-0.39, 0.29) is 30.2 Å². The van der Waals surface area contributed by atoms with Crippen LogP contribution < -0.4 is 0 Å². The first-order valence-corrected chi connectivity index (χ1v) is 8.66. The van der Waals surface area contributed by atoms with Gasteiger partial charge in [-0.2, -0.15) is 11.1 Å². The molecule has 135 valence electrons. The van der Waals surface area contributed by atoms with Crippen molar-refractivity contribution in [2.45, 2.75) is 53.9 Å². The molecule has 0 spiro atoms. The van der Waals surface area contributed by atoms with Gasteiger partial charge in [0.1, 0.15) is 5.75 Å². The van der Waals surface area contributed by atoms with Gasteiger partial charge >= 0.3 is 24.8 Å². The number of rotatable bonds is 0. The molecule has 1 atom stereocenters. The quantitative estimate of drug-likeness (QED) is 0.401. The Labute approximate surface area is 172 Å². The molecule has 0 amide bonds. The molecule has 0 bridgehead atoms. The molecule has 0 saturated carbocycles. The van der Waals surface area contributed by atoms with Gasteiger partial charge in [0.25, 0.3) is 0 Å². The Morgan fingerprint density at radius 3 is 1.79 bits per heavy atom. The van der Waals surface area contributed by atoms with E-state index in [1.54, 1.807) is 32.1 Å². The van der Waals surface area contributed by atoms with Crippen LogP contribution in [0.5, 0.6) is 5.75 Å². The molecule has 0 aliphatic heterocycles. The van der Waals surface area contributed by atoms with E-state index in [9.17, 15) is 5.11 Å². The first kappa shape index (κ1) is 28.5. The fourth-order valence-electron chi connectivity index (χ4n) is 2.13. The van der Waals surface area contributed by atoms with Crippen molar-refractivity contribution in [2.75, 3.05) is 0 Å². The van der Waals surface area contributed by atoms with Crippen LogP contribution in [0.4, 0.5) is 0 Å². The summed E-state index contributed by atoms with van der Waals surface area (Å²) in [7, 11) is 0. The molecule has 1 N–H and O–H groups in total. The van der Waals surface area contributed by atoms with E-state index in [0.29, 0.717) is 11.7 Å². The number of allylic oxidation sites excluding steroid dienone is 4. The molecule has 1 aromatic carbocycles. The van der Waals surface area contributed by atoms with Crippen molar-refractivity contribution in [3.8, 4) is 5.75 Å². The predicted octanol–water partition coefficient (Wildman–Crippen LogP) is 6.22. The number of aromatic hydroxyl groups is 1. The Hall–Kier alpha value is -0.336. The van der Waals surface area contributed by atoms with Crippen LogP contribution in [-0.4, -0.2) is 9.92 Å². The predicted molar refractivity (Wildman–Crippen MR) is 108 cm³/mol. The number of benzene rings is 1. The molecule has 1 nitrogen and oxygen atoms in total. The van der Waals surface area contributed by atoms with Crippen molar-refractivity contribution in [2.24, 2.45) is 5.92 Å². The van der Waals surface area contributed by atoms with Crippen molar-refractivity contribution in [3.05, 3.63) is 52.6 Å². The molecule has 24 heavy (non-hydrogen) atoms. The van der Waals surface area contributed by atoms with E-state index in [1.807, 2.05) is 12.1 Å². The van der Waals surface area contributed by atoms with Crippen LogP contribution in [-0.2, 0) is 25.4 Å². The van der Waals surface area contributed by atoms with E-state index in [4.69, 9.17) is 0 Å². The Morgan fingerprint density at radius 1 is 1.08 bits per heavy atom. The molecular formula is C20H31Cl2OTi. The maximum atomic E-state index is 9.18. The molecule has 1 aliphatic carbocycles. The Morgan fingerprint density at radius 2 is 1.58 bits per heavy atom. The van der Waals surface area contributed by atoms with E-state index in [1.165, 1.54) is 16.7 Å². The van der Waals surface area contributed by atoms with Gasteiger partial charge in [-0.25, -0.2) is 5.57 Å². The van der Waals surface area contributed by atoms with Gasteiger partial charge < -0.3 is 5.11 Å². The monoisotopic (exact) mass is 405 g/mol. The van der Waals surface area contributed by atoms with E-state index < -0.39 is 0 Å². The SMILES string of the molecule is CC(C)(C)c1cccc(O)c1.CC1=[C-]C(C)C(C)=C1C.Cl.Cl.[CH2]=[Ti+].